The van der Waals surface area contributed by atoms with Crippen LogP contribution in [-0.4, -0.2) is 25.4 Å². The normalized spacial score (nSPS) is 32.6. The summed E-state index contributed by atoms with van der Waals surface area (Å²) in [7, 11) is 1.79. The van der Waals surface area contributed by atoms with E-state index in [1.54, 1.807) is 7.11 Å². The molecule has 1 heterocycles. The minimum Gasteiger partial charge on any atom is -0.487 e. The molecule has 3 heteroatoms. The molecule has 2 aliphatic rings. The Bertz CT molecular complexity index is 466. The highest BCUT2D eigenvalue weighted by molar-refractivity contribution is 5.42. The second-order valence-electron chi connectivity index (χ2n) is 5.91. The average molecular weight is 261 g/mol. The first-order valence-corrected chi connectivity index (χ1v) is 7.21. The Morgan fingerprint density at radius 1 is 1.37 bits per heavy atom. The molecule has 0 aromatic heterocycles. The number of hydrogen-bond donors (Lipinski definition) is 1. The lowest BCUT2D eigenvalue weighted by Gasteiger charge is -2.51. The SMILES string of the molecule is CCNC1CC2(CC(OC)C2)Oc2ccc(C)cc21. The number of fused-ring (bicyclic) bond motifs is 1. The highest BCUT2D eigenvalue weighted by Gasteiger charge is 2.50. The van der Waals surface area contributed by atoms with Gasteiger partial charge in [0.15, 0.2) is 0 Å². The second kappa shape index (κ2) is 4.80. The Balaban J connectivity index is 1.87. The van der Waals surface area contributed by atoms with Gasteiger partial charge >= 0.3 is 0 Å². The first-order valence-electron chi connectivity index (χ1n) is 7.21. The van der Waals surface area contributed by atoms with Gasteiger partial charge in [-0.05, 0) is 19.5 Å². The molecule has 1 aliphatic carbocycles. The number of rotatable bonds is 3. The Morgan fingerprint density at radius 2 is 2.16 bits per heavy atom. The third kappa shape index (κ3) is 2.26. The van der Waals surface area contributed by atoms with Gasteiger partial charge in [-0.25, -0.2) is 0 Å². The molecule has 104 valence electrons. The van der Waals surface area contributed by atoms with Gasteiger partial charge in [0.05, 0.1) is 6.10 Å². The largest absolute Gasteiger partial charge is 0.487 e. The van der Waals surface area contributed by atoms with Crippen molar-refractivity contribution in [2.24, 2.45) is 0 Å². The van der Waals surface area contributed by atoms with E-state index in [0.717, 1.165) is 31.6 Å². The predicted molar refractivity (Wildman–Crippen MR) is 75.6 cm³/mol. The summed E-state index contributed by atoms with van der Waals surface area (Å²) in [6.07, 6.45) is 3.45. The number of hydrogen-bond acceptors (Lipinski definition) is 3. The molecule has 0 saturated heterocycles. The first-order chi connectivity index (χ1) is 9.15. The summed E-state index contributed by atoms with van der Waals surface area (Å²) >= 11 is 0. The van der Waals surface area contributed by atoms with Crippen LogP contribution in [0.4, 0.5) is 0 Å². The van der Waals surface area contributed by atoms with Crippen LogP contribution in [0.2, 0.25) is 0 Å². The molecular formula is C16H23NO2. The molecule has 1 N–H and O–H groups in total. The second-order valence-corrected chi connectivity index (χ2v) is 5.91. The molecule has 3 nitrogen and oxygen atoms in total. The van der Waals surface area contributed by atoms with Crippen molar-refractivity contribution in [1.29, 1.82) is 0 Å². The maximum atomic E-state index is 6.30. The monoisotopic (exact) mass is 261 g/mol. The van der Waals surface area contributed by atoms with Crippen LogP contribution in [0, 0.1) is 6.92 Å². The van der Waals surface area contributed by atoms with Crippen LogP contribution in [0.1, 0.15) is 43.4 Å². The fraction of sp³-hybridized carbons (Fsp3) is 0.625. The van der Waals surface area contributed by atoms with E-state index in [1.165, 1.54) is 11.1 Å². The molecule has 1 aromatic carbocycles. The van der Waals surface area contributed by atoms with Crippen molar-refractivity contribution in [3.05, 3.63) is 29.3 Å². The smallest absolute Gasteiger partial charge is 0.124 e. The van der Waals surface area contributed by atoms with Gasteiger partial charge in [-0.3, -0.25) is 0 Å². The Hall–Kier alpha value is -1.06. The van der Waals surface area contributed by atoms with Gasteiger partial charge in [0.1, 0.15) is 11.4 Å². The van der Waals surface area contributed by atoms with E-state index in [1.807, 2.05) is 0 Å². The summed E-state index contributed by atoms with van der Waals surface area (Å²) in [6, 6.07) is 6.91. The molecule has 1 aromatic rings. The van der Waals surface area contributed by atoms with Crippen LogP contribution in [0.15, 0.2) is 18.2 Å². The van der Waals surface area contributed by atoms with Crippen LogP contribution < -0.4 is 10.1 Å². The minimum atomic E-state index is -0.00420. The first kappa shape index (κ1) is 12.9. The Kier molecular flexibility index (Phi) is 3.27. The van der Waals surface area contributed by atoms with Crippen molar-refractivity contribution in [3.8, 4) is 5.75 Å². The third-order valence-electron chi connectivity index (χ3n) is 4.43. The zero-order valence-corrected chi connectivity index (χ0v) is 12.0. The molecule has 1 fully saturated rings. The van der Waals surface area contributed by atoms with Crippen molar-refractivity contribution in [1.82, 2.24) is 5.32 Å². The number of aryl methyl sites for hydroxylation is 1. The average Bonchev–Trinajstić information content (AvgIpc) is 2.36. The molecule has 1 saturated carbocycles. The molecule has 1 atom stereocenters. The van der Waals surface area contributed by atoms with E-state index in [0.29, 0.717) is 12.1 Å². The van der Waals surface area contributed by atoms with Crippen LogP contribution >= 0.6 is 0 Å². The maximum absolute atomic E-state index is 6.30. The van der Waals surface area contributed by atoms with E-state index in [9.17, 15) is 0 Å². The number of ether oxygens (including phenoxy) is 2. The van der Waals surface area contributed by atoms with Crippen molar-refractivity contribution < 1.29 is 9.47 Å². The molecule has 1 aliphatic heterocycles. The van der Waals surface area contributed by atoms with Gasteiger partial charge < -0.3 is 14.8 Å². The summed E-state index contributed by atoms with van der Waals surface area (Å²) in [6.45, 7) is 5.29. The summed E-state index contributed by atoms with van der Waals surface area (Å²) < 4.78 is 11.7. The fourth-order valence-electron chi connectivity index (χ4n) is 3.41. The minimum absolute atomic E-state index is 0.00420. The highest BCUT2D eigenvalue weighted by Crippen LogP contribution is 2.49. The van der Waals surface area contributed by atoms with Crippen molar-refractivity contribution >= 4 is 0 Å². The molecule has 0 amide bonds. The van der Waals surface area contributed by atoms with E-state index in [4.69, 9.17) is 9.47 Å². The lowest BCUT2D eigenvalue weighted by atomic mass is 9.71. The molecule has 3 rings (SSSR count). The molecule has 1 unspecified atom stereocenters. The maximum Gasteiger partial charge on any atom is 0.124 e. The number of nitrogens with one attached hydrogen (secondary N) is 1. The van der Waals surface area contributed by atoms with Gasteiger partial charge in [-0.2, -0.15) is 0 Å². The van der Waals surface area contributed by atoms with Crippen LogP contribution in [0.3, 0.4) is 0 Å². The van der Waals surface area contributed by atoms with E-state index < -0.39 is 0 Å². The standard InChI is InChI=1S/C16H23NO2/c1-4-17-14-10-16(8-12(9-16)18-3)19-15-6-5-11(2)7-13(14)15/h5-7,12,14,17H,4,8-10H2,1-3H3. The van der Waals surface area contributed by atoms with Crippen molar-refractivity contribution in [2.75, 3.05) is 13.7 Å². The molecular weight excluding hydrogens is 238 g/mol. The molecule has 0 radical (unpaired) electrons. The summed E-state index contributed by atoms with van der Waals surface area (Å²) in [5.41, 5.74) is 2.60. The zero-order valence-electron chi connectivity index (χ0n) is 12.0. The Labute approximate surface area is 115 Å². The summed E-state index contributed by atoms with van der Waals surface area (Å²) in [5, 5.41) is 3.60. The van der Waals surface area contributed by atoms with Gasteiger partial charge in [0, 0.05) is 38.0 Å². The summed E-state index contributed by atoms with van der Waals surface area (Å²) in [4.78, 5) is 0. The topological polar surface area (TPSA) is 30.5 Å². The van der Waals surface area contributed by atoms with Crippen LogP contribution in [0.5, 0.6) is 5.75 Å². The molecule has 19 heavy (non-hydrogen) atoms. The van der Waals surface area contributed by atoms with Crippen LogP contribution in [0.25, 0.3) is 0 Å². The van der Waals surface area contributed by atoms with Gasteiger partial charge in [-0.1, -0.05) is 24.6 Å². The number of methoxy groups -OCH3 is 1. The fourth-order valence-corrected chi connectivity index (χ4v) is 3.41. The van der Waals surface area contributed by atoms with E-state index >= 15 is 0 Å². The highest BCUT2D eigenvalue weighted by atomic mass is 16.5. The lowest BCUT2D eigenvalue weighted by molar-refractivity contribution is -0.126. The van der Waals surface area contributed by atoms with Gasteiger partial charge in [0.25, 0.3) is 0 Å². The number of benzene rings is 1. The van der Waals surface area contributed by atoms with E-state index in [2.05, 4.69) is 37.4 Å². The van der Waals surface area contributed by atoms with Crippen molar-refractivity contribution in [3.63, 3.8) is 0 Å². The predicted octanol–water partition coefficient (Wildman–Crippen LogP) is 2.98. The van der Waals surface area contributed by atoms with E-state index in [-0.39, 0.29) is 5.60 Å². The van der Waals surface area contributed by atoms with Crippen LogP contribution in [-0.2, 0) is 4.74 Å². The van der Waals surface area contributed by atoms with Gasteiger partial charge in [-0.15, -0.1) is 0 Å². The van der Waals surface area contributed by atoms with Gasteiger partial charge in [0.2, 0.25) is 0 Å². The van der Waals surface area contributed by atoms with Crippen molar-refractivity contribution in [2.45, 2.75) is 50.9 Å². The molecule has 1 spiro atoms. The third-order valence-corrected chi connectivity index (χ3v) is 4.43. The Morgan fingerprint density at radius 3 is 2.84 bits per heavy atom. The quantitative estimate of drug-likeness (QED) is 0.907. The zero-order chi connectivity index (χ0) is 13.5. The lowest BCUT2D eigenvalue weighted by Crippen LogP contribution is -2.56. The molecule has 0 bridgehead atoms. The summed E-state index contributed by atoms with van der Waals surface area (Å²) in [5.74, 6) is 1.05.